The fraction of sp³-hybridized carbons (Fsp3) is 0.261. The second-order valence-corrected chi connectivity index (χ2v) is 9.56. The second kappa shape index (κ2) is 9.25. The Bertz CT molecular complexity index is 1270. The van der Waals surface area contributed by atoms with Crippen molar-refractivity contribution in [1.29, 1.82) is 0 Å². The monoisotopic (exact) mass is 545 g/mol. The largest absolute Gasteiger partial charge is 0.493 e. The minimum absolute atomic E-state index is 0.0670. The summed E-state index contributed by atoms with van der Waals surface area (Å²) in [6, 6.07) is 9.00. The molecule has 6 nitrogen and oxygen atoms in total. The Morgan fingerprint density at radius 2 is 1.97 bits per heavy atom. The molecule has 0 saturated heterocycles. The summed E-state index contributed by atoms with van der Waals surface area (Å²) in [4.78, 5) is 18.0. The van der Waals surface area contributed by atoms with Crippen LogP contribution in [0.3, 0.4) is 0 Å². The predicted octanol–water partition coefficient (Wildman–Crippen LogP) is 5.12. The summed E-state index contributed by atoms with van der Waals surface area (Å²) in [5.41, 5.74) is 0.532. The summed E-state index contributed by atoms with van der Waals surface area (Å²) in [7, 11) is 1.54. The van der Waals surface area contributed by atoms with Gasteiger partial charge < -0.3 is 9.47 Å². The summed E-state index contributed by atoms with van der Waals surface area (Å²) < 4.78 is 14.0. The van der Waals surface area contributed by atoms with E-state index in [9.17, 15) is 4.79 Å². The van der Waals surface area contributed by atoms with Crippen LogP contribution in [0.2, 0.25) is 0 Å². The molecule has 1 aromatic heterocycles. The number of nitrogens with zero attached hydrogens (tertiary/aromatic N) is 3. The molecule has 0 N–H and O–H groups in total. The van der Waals surface area contributed by atoms with Crippen molar-refractivity contribution in [3.8, 4) is 23.8 Å². The SMILES string of the molecule is C#CCOc1c(C=Nn2c(C(C)(C)C)nc3ccc(Br)cc3c2=O)cc(Br)cc1OC. The quantitative estimate of drug-likeness (QED) is 0.329. The second-order valence-electron chi connectivity index (χ2n) is 7.73. The number of benzene rings is 2. The molecule has 0 fully saturated rings. The van der Waals surface area contributed by atoms with Crippen LogP contribution in [-0.4, -0.2) is 29.6 Å². The highest BCUT2D eigenvalue weighted by molar-refractivity contribution is 9.10. The molecule has 0 aliphatic heterocycles. The zero-order chi connectivity index (χ0) is 22.8. The van der Waals surface area contributed by atoms with Gasteiger partial charge in [0.05, 0.1) is 24.2 Å². The van der Waals surface area contributed by atoms with E-state index in [4.69, 9.17) is 20.9 Å². The molecule has 0 saturated carbocycles. The van der Waals surface area contributed by atoms with Gasteiger partial charge in [-0.25, -0.2) is 4.98 Å². The van der Waals surface area contributed by atoms with Crippen LogP contribution >= 0.6 is 31.9 Å². The van der Waals surface area contributed by atoms with Gasteiger partial charge in [0.1, 0.15) is 12.4 Å². The van der Waals surface area contributed by atoms with Crippen molar-refractivity contribution < 1.29 is 9.47 Å². The van der Waals surface area contributed by atoms with E-state index < -0.39 is 5.41 Å². The number of ether oxygens (including phenoxy) is 2. The van der Waals surface area contributed by atoms with Crippen molar-refractivity contribution in [3.05, 3.63) is 61.0 Å². The molecule has 0 unspecified atom stereocenters. The number of aromatic nitrogens is 2. The summed E-state index contributed by atoms with van der Waals surface area (Å²) >= 11 is 6.88. The topological polar surface area (TPSA) is 65.7 Å². The fourth-order valence-electron chi connectivity index (χ4n) is 2.97. The lowest BCUT2D eigenvalue weighted by Gasteiger charge is -2.21. The van der Waals surface area contributed by atoms with Crippen molar-refractivity contribution in [2.75, 3.05) is 13.7 Å². The van der Waals surface area contributed by atoms with Gasteiger partial charge in [0.25, 0.3) is 5.56 Å². The van der Waals surface area contributed by atoms with Crippen LogP contribution in [0.4, 0.5) is 0 Å². The highest BCUT2D eigenvalue weighted by atomic mass is 79.9. The molecule has 0 amide bonds. The van der Waals surface area contributed by atoms with Gasteiger partial charge in [0, 0.05) is 19.9 Å². The van der Waals surface area contributed by atoms with Crippen molar-refractivity contribution in [2.45, 2.75) is 26.2 Å². The van der Waals surface area contributed by atoms with Gasteiger partial charge in [-0.05, 0) is 30.3 Å². The molecule has 0 aliphatic rings. The minimum Gasteiger partial charge on any atom is -0.493 e. The first-order chi connectivity index (χ1) is 14.7. The molecule has 0 spiro atoms. The molecular weight excluding hydrogens is 526 g/mol. The van der Waals surface area contributed by atoms with Gasteiger partial charge >= 0.3 is 0 Å². The van der Waals surface area contributed by atoms with Crippen molar-refractivity contribution in [3.63, 3.8) is 0 Å². The van der Waals surface area contributed by atoms with Crippen LogP contribution in [-0.2, 0) is 5.41 Å². The van der Waals surface area contributed by atoms with Gasteiger partial charge in [-0.15, -0.1) is 6.42 Å². The van der Waals surface area contributed by atoms with Crippen LogP contribution in [0.15, 0.2) is 49.2 Å². The summed E-state index contributed by atoms with van der Waals surface area (Å²) in [5.74, 6) is 3.92. The maximum absolute atomic E-state index is 13.3. The maximum Gasteiger partial charge on any atom is 0.282 e. The zero-order valence-corrected chi connectivity index (χ0v) is 20.7. The van der Waals surface area contributed by atoms with Crippen LogP contribution < -0.4 is 15.0 Å². The molecule has 0 bridgehead atoms. The highest BCUT2D eigenvalue weighted by Crippen LogP contribution is 2.34. The number of terminal acetylenes is 1. The van der Waals surface area contributed by atoms with Crippen LogP contribution in [0.5, 0.6) is 11.5 Å². The summed E-state index contributed by atoms with van der Waals surface area (Å²) in [6.07, 6.45) is 6.89. The Kier molecular flexibility index (Phi) is 6.87. The molecule has 0 aliphatic carbocycles. The molecule has 2 aromatic carbocycles. The minimum atomic E-state index is -0.421. The Labute approximate surface area is 197 Å². The van der Waals surface area contributed by atoms with E-state index in [1.54, 1.807) is 25.5 Å². The summed E-state index contributed by atoms with van der Waals surface area (Å²) in [5, 5.41) is 4.97. The van der Waals surface area contributed by atoms with E-state index in [1.807, 2.05) is 39.0 Å². The van der Waals surface area contributed by atoms with E-state index >= 15 is 0 Å². The molecule has 160 valence electrons. The van der Waals surface area contributed by atoms with Gasteiger partial charge in [0.2, 0.25) is 0 Å². The first kappa shape index (κ1) is 23.0. The molecule has 0 radical (unpaired) electrons. The Hall–Kier alpha value is -2.63. The third kappa shape index (κ3) is 5.00. The lowest BCUT2D eigenvalue weighted by molar-refractivity contribution is 0.330. The van der Waals surface area contributed by atoms with Gasteiger partial charge in [0.15, 0.2) is 11.5 Å². The number of hydrogen-bond donors (Lipinski definition) is 0. The van der Waals surface area contributed by atoms with Gasteiger partial charge in [-0.1, -0.05) is 58.6 Å². The number of methoxy groups -OCH3 is 1. The zero-order valence-electron chi connectivity index (χ0n) is 17.6. The standard InChI is InChI=1S/C23H21Br2N3O3/c1-6-9-31-20-14(10-16(25)12-19(20)30-5)13-26-28-21(29)17-11-15(24)7-8-18(17)27-22(28)23(2,3)4/h1,7-8,10-13H,9H2,2-5H3. The maximum atomic E-state index is 13.3. The molecule has 8 heteroatoms. The number of rotatable bonds is 5. The Balaban J connectivity index is 2.24. The molecule has 3 rings (SSSR count). The van der Waals surface area contributed by atoms with E-state index in [1.165, 1.54) is 4.68 Å². The Morgan fingerprint density at radius 1 is 1.23 bits per heavy atom. The smallest absolute Gasteiger partial charge is 0.282 e. The highest BCUT2D eigenvalue weighted by Gasteiger charge is 2.23. The van der Waals surface area contributed by atoms with Crippen LogP contribution in [0.1, 0.15) is 32.2 Å². The first-order valence-electron chi connectivity index (χ1n) is 9.36. The molecular formula is C23H21Br2N3O3. The third-order valence-electron chi connectivity index (χ3n) is 4.36. The average molecular weight is 547 g/mol. The molecule has 31 heavy (non-hydrogen) atoms. The molecule has 0 atom stereocenters. The van der Waals surface area contributed by atoms with Crippen LogP contribution in [0, 0.1) is 12.3 Å². The van der Waals surface area contributed by atoms with Crippen LogP contribution in [0.25, 0.3) is 10.9 Å². The lowest BCUT2D eigenvalue weighted by Crippen LogP contribution is -2.29. The van der Waals surface area contributed by atoms with Gasteiger partial charge in [-0.2, -0.15) is 9.78 Å². The number of halogens is 2. The summed E-state index contributed by atoms with van der Waals surface area (Å²) in [6.45, 7) is 6.01. The van der Waals surface area contributed by atoms with E-state index in [2.05, 4.69) is 42.9 Å². The normalized spacial score (nSPS) is 11.6. The molecule has 1 heterocycles. The van der Waals surface area contributed by atoms with E-state index in [-0.39, 0.29) is 12.2 Å². The van der Waals surface area contributed by atoms with E-state index in [0.717, 1.165) is 8.95 Å². The fourth-order valence-corrected chi connectivity index (χ4v) is 3.78. The first-order valence-corrected chi connectivity index (χ1v) is 10.9. The number of fused-ring (bicyclic) bond motifs is 1. The van der Waals surface area contributed by atoms with E-state index in [0.29, 0.717) is 33.8 Å². The third-order valence-corrected chi connectivity index (χ3v) is 5.31. The average Bonchev–Trinajstić information content (AvgIpc) is 2.71. The molecule has 3 aromatic rings. The Morgan fingerprint density at radius 3 is 2.61 bits per heavy atom. The van der Waals surface area contributed by atoms with Crippen molar-refractivity contribution in [2.24, 2.45) is 5.10 Å². The number of hydrogen-bond acceptors (Lipinski definition) is 5. The predicted molar refractivity (Wildman–Crippen MR) is 130 cm³/mol. The lowest BCUT2D eigenvalue weighted by atomic mass is 9.95. The van der Waals surface area contributed by atoms with Gasteiger partial charge in [-0.3, -0.25) is 4.79 Å². The van der Waals surface area contributed by atoms with Crippen molar-refractivity contribution >= 4 is 49.0 Å². The van der Waals surface area contributed by atoms with Crippen molar-refractivity contribution in [1.82, 2.24) is 9.66 Å².